The Morgan fingerprint density at radius 3 is 2.58 bits per heavy atom. The van der Waals surface area contributed by atoms with Crippen LogP contribution in [0.15, 0.2) is 0 Å². The van der Waals surface area contributed by atoms with Crippen molar-refractivity contribution in [3.05, 3.63) is 0 Å². The lowest BCUT2D eigenvalue weighted by atomic mass is 10.0. The van der Waals surface area contributed by atoms with Gasteiger partial charge in [0.25, 0.3) is 0 Å². The van der Waals surface area contributed by atoms with Crippen LogP contribution < -0.4 is 0 Å². The third kappa shape index (κ3) is 1.01. The molecule has 0 aromatic carbocycles. The molecule has 2 fully saturated rings. The summed E-state index contributed by atoms with van der Waals surface area (Å²) in [5.74, 6) is -1.54. The first kappa shape index (κ1) is 7.97. The smallest absolute Gasteiger partial charge is 0.311 e. The van der Waals surface area contributed by atoms with Crippen LogP contribution >= 0.6 is 0 Å². The van der Waals surface area contributed by atoms with E-state index in [-0.39, 0.29) is 13.2 Å². The molecule has 4 atom stereocenters. The van der Waals surface area contributed by atoms with Crippen molar-refractivity contribution in [1.29, 1.82) is 0 Å². The van der Waals surface area contributed by atoms with Gasteiger partial charge in [0, 0.05) is 0 Å². The number of carboxylic acids is 1. The topological polar surface area (TPSA) is 76.0 Å². The molecule has 2 aliphatic heterocycles. The molecule has 0 aromatic heterocycles. The summed E-state index contributed by atoms with van der Waals surface area (Å²) in [5.41, 5.74) is 0. The minimum Gasteiger partial charge on any atom is -0.481 e. The molecule has 2 aliphatic rings. The molecule has 2 rings (SSSR count). The number of rotatable bonds is 1. The Balaban J connectivity index is 2.10. The number of aliphatic hydroxyl groups excluding tert-OH is 1. The lowest BCUT2D eigenvalue weighted by Crippen LogP contribution is -2.31. The molecule has 5 heteroatoms. The highest BCUT2D eigenvalue weighted by molar-refractivity contribution is 5.71. The summed E-state index contributed by atoms with van der Waals surface area (Å²) in [6, 6.07) is 0. The van der Waals surface area contributed by atoms with E-state index in [0.29, 0.717) is 0 Å². The van der Waals surface area contributed by atoms with Gasteiger partial charge in [-0.2, -0.15) is 0 Å². The lowest BCUT2D eigenvalue weighted by molar-refractivity contribution is -0.144. The minimum absolute atomic E-state index is 0.141. The van der Waals surface area contributed by atoms with Crippen molar-refractivity contribution < 1.29 is 24.5 Å². The second-order valence-corrected chi connectivity index (χ2v) is 3.11. The van der Waals surface area contributed by atoms with E-state index in [1.54, 1.807) is 0 Å². The van der Waals surface area contributed by atoms with E-state index >= 15 is 0 Å². The Kier molecular flexibility index (Phi) is 1.79. The molecule has 0 aromatic rings. The molecular formula is C7H10O5. The van der Waals surface area contributed by atoms with Crippen molar-refractivity contribution in [3.63, 3.8) is 0 Å². The fourth-order valence-electron chi connectivity index (χ4n) is 1.69. The Morgan fingerprint density at radius 2 is 1.92 bits per heavy atom. The Bertz CT molecular complexity index is 204. The predicted molar refractivity (Wildman–Crippen MR) is 36.6 cm³/mol. The van der Waals surface area contributed by atoms with Crippen molar-refractivity contribution in [2.75, 3.05) is 13.2 Å². The van der Waals surface area contributed by atoms with Gasteiger partial charge in [-0.15, -0.1) is 0 Å². The summed E-state index contributed by atoms with van der Waals surface area (Å²) in [7, 11) is 0. The fourth-order valence-corrected chi connectivity index (χ4v) is 1.69. The van der Waals surface area contributed by atoms with E-state index in [1.165, 1.54) is 0 Å². The molecule has 0 aliphatic carbocycles. The minimum atomic E-state index is -0.920. The summed E-state index contributed by atoms with van der Waals surface area (Å²) >= 11 is 0. The average Bonchev–Trinajstić information content (AvgIpc) is 2.53. The predicted octanol–water partition coefficient (Wildman–Crippen LogP) is -1.15. The molecule has 68 valence electrons. The van der Waals surface area contributed by atoms with Gasteiger partial charge in [0.1, 0.15) is 24.2 Å². The van der Waals surface area contributed by atoms with E-state index in [1.807, 2.05) is 0 Å². The maximum Gasteiger partial charge on any atom is 0.311 e. The molecule has 0 bridgehead atoms. The second kappa shape index (κ2) is 2.69. The van der Waals surface area contributed by atoms with E-state index in [0.717, 1.165) is 0 Å². The first-order valence-corrected chi connectivity index (χ1v) is 3.84. The zero-order chi connectivity index (χ0) is 8.72. The van der Waals surface area contributed by atoms with Crippen LogP contribution in [0.3, 0.4) is 0 Å². The number of aliphatic hydroxyl groups is 1. The van der Waals surface area contributed by atoms with E-state index < -0.39 is 30.2 Å². The monoisotopic (exact) mass is 174 g/mol. The van der Waals surface area contributed by atoms with Gasteiger partial charge in [-0.25, -0.2) is 0 Å². The van der Waals surface area contributed by atoms with Gasteiger partial charge in [-0.3, -0.25) is 4.79 Å². The SMILES string of the molecule is O=C(O)C1COC2C(O)COC12. The first-order valence-electron chi connectivity index (χ1n) is 3.84. The number of fused-ring (bicyclic) bond motifs is 1. The second-order valence-electron chi connectivity index (χ2n) is 3.11. The summed E-state index contributed by atoms with van der Waals surface area (Å²) in [4.78, 5) is 10.6. The van der Waals surface area contributed by atoms with Crippen molar-refractivity contribution in [2.45, 2.75) is 18.3 Å². The molecule has 0 saturated carbocycles. The molecule has 2 N–H and O–H groups in total. The maximum atomic E-state index is 10.6. The van der Waals surface area contributed by atoms with Gasteiger partial charge < -0.3 is 19.7 Å². The molecular weight excluding hydrogens is 164 g/mol. The van der Waals surface area contributed by atoms with E-state index in [4.69, 9.17) is 14.6 Å². The number of ether oxygens (including phenoxy) is 2. The van der Waals surface area contributed by atoms with Crippen LogP contribution in [0.2, 0.25) is 0 Å². The van der Waals surface area contributed by atoms with Gasteiger partial charge in [0.2, 0.25) is 0 Å². The van der Waals surface area contributed by atoms with Gasteiger partial charge in [0.05, 0.1) is 13.2 Å². The molecule has 4 unspecified atom stereocenters. The van der Waals surface area contributed by atoms with Crippen LogP contribution in [0.5, 0.6) is 0 Å². The van der Waals surface area contributed by atoms with Gasteiger partial charge in [-0.1, -0.05) is 0 Å². The third-order valence-electron chi connectivity index (χ3n) is 2.34. The number of hydrogen-bond donors (Lipinski definition) is 2. The molecule has 0 spiro atoms. The van der Waals surface area contributed by atoms with Crippen LogP contribution in [-0.4, -0.2) is 47.7 Å². The first-order chi connectivity index (χ1) is 5.70. The Labute approximate surface area is 68.9 Å². The van der Waals surface area contributed by atoms with Crippen LogP contribution in [0, 0.1) is 5.92 Å². The number of aliphatic carboxylic acids is 1. The van der Waals surface area contributed by atoms with Gasteiger partial charge in [-0.05, 0) is 0 Å². The molecule has 0 radical (unpaired) electrons. The number of carboxylic acid groups (broad SMARTS) is 1. The van der Waals surface area contributed by atoms with Crippen LogP contribution in [0.4, 0.5) is 0 Å². The van der Waals surface area contributed by atoms with E-state index in [9.17, 15) is 9.90 Å². The van der Waals surface area contributed by atoms with Crippen molar-refractivity contribution in [3.8, 4) is 0 Å². The van der Waals surface area contributed by atoms with Crippen LogP contribution in [0.25, 0.3) is 0 Å². The summed E-state index contributed by atoms with van der Waals surface area (Å²) in [6.45, 7) is 0.320. The highest BCUT2D eigenvalue weighted by Gasteiger charge is 2.49. The van der Waals surface area contributed by atoms with E-state index in [2.05, 4.69) is 0 Å². The molecule has 5 nitrogen and oxygen atoms in total. The van der Waals surface area contributed by atoms with Crippen LogP contribution in [0.1, 0.15) is 0 Å². The third-order valence-corrected chi connectivity index (χ3v) is 2.34. The fraction of sp³-hybridized carbons (Fsp3) is 0.857. The number of hydrogen-bond acceptors (Lipinski definition) is 4. The Morgan fingerprint density at radius 1 is 1.25 bits per heavy atom. The zero-order valence-electron chi connectivity index (χ0n) is 6.34. The highest BCUT2D eigenvalue weighted by Crippen LogP contribution is 2.30. The highest BCUT2D eigenvalue weighted by atomic mass is 16.6. The van der Waals surface area contributed by atoms with Gasteiger partial charge >= 0.3 is 5.97 Å². The Hall–Kier alpha value is -0.650. The van der Waals surface area contributed by atoms with Crippen LogP contribution in [-0.2, 0) is 14.3 Å². The van der Waals surface area contributed by atoms with Crippen molar-refractivity contribution in [1.82, 2.24) is 0 Å². The average molecular weight is 174 g/mol. The molecule has 2 saturated heterocycles. The summed E-state index contributed by atoms with van der Waals surface area (Å²) < 4.78 is 10.2. The zero-order valence-corrected chi connectivity index (χ0v) is 6.34. The molecule has 0 amide bonds. The van der Waals surface area contributed by atoms with Gasteiger partial charge in [0.15, 0.2) is 0 Å². The molecule has 2 heterocycles. The largest absolute Gasteiger partial charge is 0.481 e. The quantitative estimate of drug-likeness (QED) is 0.524. The number of carbonyl (C=O) groups is 1. The summed E-state index contributed by atoms with van der Waals surface area (Å²) in [5, 5.41) is 18.0. The van der Waals surface area contributed by atoms with Crippen molar-refractivity contribution >= 4 is 5.97 Å². The summed E-state index contributed by atoms with van der Waals surface area (Å²) in [6.07, 6.45) is -1.57. The standard InChI is InChI=1S/C7H10O5/c8-4-2-12-5-3(7(9)10)1-11-6(4)5/h3-6,8H,1-2H2,(H,9,10). The van der Waals surface area contributed by atoms with Crippen molar-refractivity contribution in [2.24, 2.45) is 5.92 Å². The molecule has 12 heavy (non-hydrogen) atoms. The lowest BCUT2D eigenvalue weighted by Gasteiger charge is -2.10. The maximum absolute atomic E-state index is 10.6. The normalized spacial score (nSPS) is 46.1.